The van der Waals surface area contributed by atoms with Crippen molar-refractivity contribution in [1.82, 2.24) is 0 Å². The first kappa shape index (κ1) is 11.8. The van der Waals surface area contributed by atoms with Gasteiger partial charge in [-0.05, 0) is 36.2 Å². The van der Waals surface area contributed by atoms with E-state index in [-0.39, 0.29) is 11.9 Å². The summed E-state index contributed by atoms with van der Waals surface area (Å²) in [5.74, 6) is 1.32. The van der Waals surface area contributed by atoms with E-state index in [4.69, 9.17) is 9.47 Å². The molecule has 0 amide bonds. The quantitative estimate of drug-likeness (QED) is 0.786. The monoisotopic (exact) mass is 254 g/mol. The minimum absolute atomic E-state index is 0.120. The standard InChI is InChI=1S/C16H14O3/c17-16-15(10-11-18-16)12-6-8-14(9-7-12)19-13-4-2-1-3-5-13/h1-9,15H,10-11H2. The van der Waals surface area contributed by atoms with Crippen molar-refractivity contribution in [3.63, 3.8) is 0 Å². The third kappa shape index (κ3) is 2.60. The van der Waals surface area contributed by atoms with Crippen LogP contribution >= 0.6 is 0 Å². The Balaban J connectivity index is 1.74. The van der Waals surface area contributed by atoms with Crippen LogP contribution in [-0.2, 0) is 9.53 Å². The summed E-state index contributed by atoms with van der Waals surface area (Å²) in [5, 5.41) is 0. The maximum Gasteiger partial charge on any atom is 0.313 e. The summed E-state index contributed by atoms with van der Waals surface area (Å²) in [5.41, 5.74) is 0.989. The van der Waals surface area contributed by atoms with Gasteiger partial charge >= 0.3 is 5.97 Å². The molecule has 2 aromatic rings. The molecule has 3 nitrogen and oxygen atoms in total. The van der Waals surface area contributed by atoms with Crippen LogP contribution in [0, 0.1) is 0 Å². The predicted octanol–water partition coefficient (Wildman–Crippen LogP) is 3.51. The van der Waals surface area contributed by atoms with Crippen LogP contribution in [0.4, 0.5) is 0 Å². The number of hydrogen-bond donors (Lipinski definition) is 0. The lowest BCUT2D eigenvalue weighted by atomic mass is 9.98. The number of carbonyl (C=O) groups excluding carboxylic acids is 1. The van der Waals surface area contributed by atoms with Crippen LogP contribution in [-0.4, -0.2) is 12.6 Å². The number of rotatable bonds is 3. The lowest BCUT2D eigenvalue weighted by Gasteiger charge is -2.08. The van der Waals surface area contributed by atoms with Crippen molar-refractivity contribution in [2.75, 3.05) is 6.61 Å². The van der Waals surface area contributed by atoms with Crippen molar-refractivity contribution in [1.29, 1.82) is 0 Å². The second-order valence-electron chi connectivity index (χ2n) is 4.49. The van der Waals surface area contributed by atoms with E-state index in [0.717, 1.165) is 23.5 Å². The molecule has 2 aromatic carbocycles. The van der Waals surface area contributed by atoms with E-state index < -0.39 is 0 Å². The van der Waals surface area contributed by atoms with Crippen molar-refractivity contribution < 1.29 is 14.3 Å². The maximum atomic E-state index is 11.5. The fraction of sp³-hybridized carbons (Fsp3) is 0.188. The molecule has 3 rings (SSSR count). The molecular weight excluding hydrogens is 240 g/mol. The number of carbonyl (C=O) groups is 1. The molecular formula is C16H14O3. The Kier molecular flexibility index (Phi) is 3.19. The van der Waals surface area contributed by atoms with Crippen LogP contribution in [0.3, 0.4) is 0 Å². The number of para-hydroxylation sites is 1. The molecule has 1 unspecified atom stereocenters. The largest absolute Gasteiger partial charge is 0.465 e. The van der Waals surface area contributed by atoms with E-state index in [1.54, 1.807) is 0 Å². The Morgan fingerprint density at radius 2 is 1.63 bits per heavy atom. The lowest BCUT2D eigenvalue weighted by Crippen LogP contribution is -2.05. The highest BCUT2D eigenvalue weighted by molar-refractivity contribution is 5.79. The minimum Gasteiger partial charge on any atom is -0.465 e. The first-order valence-electron chi connectivity index (χ1n) is 6.32. The molecule has 0 aliphatic carbocycles. The Labute approximate surface area is 111 Å². The molecule has 0 aromatic heterocycles. The molecule has 0 N–H and O–H groups in total. The highest BCUT2D eigenvalue weighted by Gasteiger charge is 2.27. The van der Waals surface area contributed by atoms with Gasteiger partial charge in [0.25, 0.3) is 0 Å². The van der Waals surface area contributed by atoms with Gasteiger partial charge in [-0.15, -0.1) is 0 Å². The number of ether oxygens (including phenoxy) is 2. The van der Waals surface area contributed by atoms with Gasteiger partial charge in [0, 0.05) is 0 Å². The second-order valence-corrected chi connectivity index (χ2v) is 4.49. The summed E-state index contributed by atoms with van der Waals surface area (Å²) >= 11 is 0. The van der Waals surface area contributed by atoms with E-state index >= 15 is 0 Å². The van der Waals surface area contributed by atoms with Crippen LogP contribution in [0.5, 0.6) is 11.5 Å². The molecule has 96 valence electrons. The third-order valence-corrected chi connectivity index (χ3v) is 3.20. The zero-order valence-electron chi connectivity index (χ0n) is 10.4. The van der Waals surface area contributed by atoms with Gasteiger partial charge in [0.1, 0.15) is 11.5 Å². The second kappa shape index (κ2) is 5.14. The number of cyclic esters (lactones) is 1. The molecule has 1 atom stereocenters. The van der Waals surface area contributed by atoms with Gasteiger partial charge in [0.2, 0.25) is 0 Å². The van der Waals surface area contributed by atoms with Crippen LogP contribution in [0.2, 0.25) is 0 Å². The Morgan fingerprint density at radius 1 is 0.947 bits per heavy atom. The molecule has 1 aliphatic heterocycles. The van der Waals surface area contributed by atoms with Crippen molar-refractivity contribution in [3.05, 3.63) is 60.2 Å². The Bertz CT molecular complexity index is 560. The van der Waals surface area contributed by atoms with Gasteiger partial charge < -0.3 is 9.47 Å². The maximum absolute atomic E-state index is 11.5. The zero-order valence-corrected chi connectivity index (χ0v) is 10.4. The minimum atomic E-state index is -0.128. The lowest BCUT2D eigenvalue weighted by molar-refractivity contribution is -0.139. The van der Waals surface area contributed by atoms with Gasteiger partial charge in [-0.25, -0.2) is 0 Å². The molecule has 19 heavy (non-hydrogen) atoms. The number of benzene rings is 2. The van der Waals surface area contributed by atoms with E-state index in [1.807, 2.05) is 54.6 Å². The molecule has 0 spiro atoms. The molecule has 0 saturated carbocycles. The molecule has 3 heteroatoms. The van der Waals surface area contributed by atoms with Crippen LogP contribution in [0.1, 0.15) is 17.9 Å². The van der Waals surface area contributed by atoms with Crippen molar-refractivity contribution in [3.8, 4) is 11.5 Å². The molecule has 0 bridgehead atoms. The Morgan fingerprint density at radius 3 is 2.26 bits per heavy atom. The van der Waals surface area contributed by atoms with Crippen molar-refractivity contribution in [2.24, 2.45) is 0 Å². The smallest absolute Gasteiger partial charge is 0.313 e. The fourth-order valence-electron chi connectivity index (χ4n) is 2.19. The first-order valence-corrected chi connectivity index (χ1v) is 6.32. The van der Waals surface area contributed by atoms with Crippen LogP contribution in [0.15, 0.2) is 54.6 Å². The van der Waals surface area contributed by atoms with E-state index in [2.05, 4.69) is 0 Å². The third-order valence-electron chi connectivity index (χ3n) is 3.20. The highest BCUT2D eigenvalue weighted by atomic mass is 16.5. The van der Waals surface area contributed by atoms with Gasteiger partial charge in [-0.2, -0.15) is 0 Å². The molecule has 1 heterocycles. The highest BCUT2D eigenvalue weighted by Crippen LogP contribution is 2.29. The fourth-order valence-corrected chi connectivity index (χ4v) is 2.19. The van der Waals surface area contributed by atoms with Crippen molar-refractivity contribution >= 4 is 5.97 Å². The zero-order chi connectivity index (χ0) is 13.1. The summed E-state index contributed by atoms with van der Waals surface area (Å²) in [6.45, 7) is 0.520. The topological polar surface area (TPSA) is 35.5 Å². The molecule has 1 aliphatic rings. The van der Waals surface area contributed by atoms with Crippen LogP contribution < -0.4 is 4.74 Å². The molecule has 1 fully saturated rings. The van der Waals surface area contributed by atoms with Crippen LogP contribution in [0.25, 0.3) is 0 Å². The summed E-state index contributed by atoms with van der Waals surface area (Å²) < 4.78 is 10.7. The first-order chi connectivity index (χ1) is 9.33. The van der Waals surface area contributed by atoms with Gasteiger partial charge in [0.15, 0.2) is 0 Å². The Hall–Kier alpha value is -2.29. The average molecular weight is 254 g/mol. The van der Waals surface area contributed by atoms with E-state index in [9.17, 15) is 4.79 Å². The van der Waals surface area contributed by atoms with Gasteiger partial charge in [-0.3, -0.25) is 4.79 Å². The number of hydrogen-bond acceptors (Lipinski definition) is 3. The van der Waals surface area contributed by atoms with E-state index in [0.29, 0.717) is 6.61 Å². The number of esters is 1. The summed E-state index contributed by atoms with van der Waals surface area (Å²) in [6.07, 6.45) is 0.762. The predicted molar refractivity (Wildman–Crippen MR) is 71.3 cm³/mol. The normalized spacial score (nSPS) is 18.1. The van der Waals surface area contributed by atoms with Crippen molar-refractivity contribution in [2.45, 2.75) is 12.3 Å². The van der Waals surface area contributed by atoms with Gasteiger partial charge in [0.05, 0.1) is 12.5 Å². The van der Waals surface area contributed by atoms with Gasteiger partial charge in [-0.1, -0.05) is 30.3 Å². The summed E-state index contributed by atoms with van der Waals surface area (Å²) in [7, 11) is 0. The SMILES string of the molecule is O=C1OCCC1c1ccc(Oc2ccccc2)cc1. The summed E-state index contributed by atoms with van der Waals surface area (Å²) in [4.78, 5) is 11.5. The molecule has 1 saturated heterocycles. The molecule has 0 radical (unpaired) electrons. The van der Waals surface area contributed by atoms with E-state index in [1.165, 1.54) is 0 Å². The average Bonchev–Trinajstić information content (AvgIpc) is 2.87. The summed E-state index contributed by atoms with van der Waals surface area (Å²) in [6, 6.07) is 17.2.